The number of furan rings is 1. The summed E-state index contributed by atoms with van der Waals surface area (Å²) >= 11 is 0. The van der Waals surface area contributed by atoms with Gasteiger partial charge >= 0.3 is 0 Å². The number of carbonyl (C=O) groups is 1. The molecule has 1 aliphatic rings. The Labute approximate surface area is 177 Å². The minimum absolute atomic E-state index is 0.245. The highest BCUT2D eigenvalue weighted by atomic mass is 16.3. The summed E-state index contributed by atoms with van der Waals surface area (Å²) in [5, 5.41) is 11.7. The summed E-state index contributed by atoms with van der Waals surface area (Å²) < 4.78 is 7.33. The zero-order valence-electron chi connectivity index (χ0n) is 18.1. The summed E-state index contributed by atoms with van der Waals surface area (Å²) in [7, 11) is 0. The van der Waals surface area contributed by atoms with Crippen LogP contribution in [0.2, 0.25) is 0 Å². The van der Waals surface area contributed by atoms with Crippen molar-refractivity contribution in [3.8, 4) is 0 Å². The van der Waals surface area contributed by atoms with E-state index in [1.165, 1.54) is 28.5 Å². The van der Waals surface area contributed by atoms with Gasteiger partial charge in [0, 0.05) is 32.6 Å². The number of nitrogens with one attached hydrogen (secondary N) is 1. The summed E-state index contributed by atoms with van der Waals surface area (Å²) in [5.41, 5.74) is 5.41. The third-order valence-corrected chi connectivity index (χ3v) is 5.97. The molecule has 1 amide bonds. The largest absolute Gasteiger partial charge is 0.459 e. The van der Waals surface area contributed by atoms with E-state index in [1.807, 2.05) is 6.92 Å². The quantitative estimate of drug-likeness (QED) is 0.702. The molecule has 30 heavy (non-hydrogen) atoms. The Hall–Kier alpha value is -2.93. The lowest BCUT2D eigenvalue weighted by Gasteiger charge is -2.22. The van der Waals surface area contributed by atoms with Crippen LogP contribution >= 0.6 is 0 Å². The molecule has 0 saturated heterocycles. The highest BCUT2D eigenvalue weighted by Gasteiger charge is 2.24. The molecule has 0 fully saturated rings. The van der Waals surface area contributed by atoms with E-state index in [9.17, 15) is 4.79 Å². The fourth-order valence-corrected chi connectivity index (χ4v) is 4.04. The second-order valence-electron chi connectivity index (χ2n) is 8.19. The Bertz CT molecular complexity index is 1040. The number of hydrogen-bond acceptors (Lipinski definition) is 5. The second kappa shape index (κ2) is 8.44. The minimum Gasteiger partial charge on any atom is -0.459 e. The summed E-state index contributed by atoms with van der Waals surface area (Å²) in [6.45, 7) is 12.1. The molecular formula is C23H29N5O2. The van der Waals surface area contributed by atoms with Gasteiger partial charge in [-0.2, -0.15) is 0 Å². The summed E-state index contributed by atoms with van der Waals surface area (Å²) in [6.07, 6.45) is 2.34. The third kappa shape index (κ3) is 4.16. The molecule has 7 nitrogen and oxygen atoms in total. The molecule has 0 bridgehead atoms. The highest BCUT2D eigenvalue weighted by molar-refractivity contribution is 5.91. The van der Waals surface area contributed by atoms with E-state index in [-0.39, 0.29) is 11.9 Å². The Balaban J connectivity index is 1.44. The van der Waals surface area contributed by atoms with Crippen LogP contribution in [-0.2, 0) is 19.5 Å². The number of hydrogen-bond donors (Lipinski definition) is 1. The van der Waals surface area contributed by atoms with E-state index >= 15 is 0 Å². The molecule has 2 aromatic heterocycles. The van der Waals surface area contributed by atoms with Gasteiger partial charge in [-0.15, -0.1) is 10.2 Å². The Kier molecular flexibility index (Phi) is 5.72. The van der Waals surface area contributed by atoms with Crippen LogP contribution < -0.4 is 5.32 Å². The van der Waals surface area contributed by atoms with E-state index in [0.717, 1.165) is 44.2 Å². The molecule has 1 atom stereocenters. The first kappa shape index (κ1) is 20.3. The van der Waals surface area contributed by atoms with Gasteiger partial charge in [-0.25, -0.2) is 0 Å². The highest BCUT2D eigenvalue weighted by Crippen LogP contribution is 2.20. The Morgan fingerprint density at radius 3 is 2.70 bits per heavy atom. The summed E-state index contributed by atoms with van der Waals surface area (Å²) in [6, 6.07) is 7.69. The van der Waals surface area contributed by atoms with Gasteiger partial charge in [-0.3, -0.25) is 9.69 Å². The van der Waals surface area contributed by atoms with E-state index in [0.29, 0.717) is 5.76 Å². The van der Waals surface area contributed by atoms with Gasteiger partial charge in [-0.05, 0) is 62.1 Å². The predicted molar refractivity (Wildman–Crippen MR) is 114 cm³/mol. The molecule has 0 radical (unpaired) electrons. The SMILES string of the molecule is Cc1cc(C)c(CN2CCc3nnc([C@@H](C)NC(=O)c4ccco4)n3CC2)cc1C. The second-order valence-corrected chi connectivity index (χ2v) is 8.19. The standard InChI is InChI=1S/C23H29N5O2/c1-15-12-17(3)19(13-16(15)2)14-27-8-7-21-25-26-22(28(21)10-9-27)18(4)24-23(29)20-6-5-11-30-20/h5-6,11-13,18H,7-10,14H2,1-4H3,(H,24,29)/t18-/m1/s1. The van der Waals surface area contributed by atoms with Crippen LogP contribution in [-0.4, -0.2) is 38.7 Å². The van der Waals surface area contributed by atoms with Crippen LogP contribution in [0.4, 0.5) is 0 Å². The molecule has 0 spiro atoms. The van der Waals surface area contributed by atoms with Crippen molar-refractivity contribution in [2.75, 3.05) is 13.1 Å². The fraction of sp³-hybridized carbons (Fsp3) is 0.435. The van der Waals surface area contributed by atoms with Gasteiger partial charge in [0.15, 0.2) is 11.6 Å². The molecule has 7 heteroatoms. The van der Waals surface area contributed by atoms with Gasteiger partial charge in [-0.1, -0.05) is 12.1 Å². The average Bonchev–Trinajstić information content (AvgIpc) is 3.34. The number of aryl methyl sites for hydroxylation is 3. The van der Waals surface area contributed by atoms with Crippen LogP contribution in [0.5, 0.6) is 0 Å². The van der Waals surface area contributed by atoms with Crippen LogP contribution in [0.25, 0.3) is 0 Å². The van der Waals surface area contributed by atoms with Crippen molar-refractivity contribution in [2.24, 2.45) is 0 Å². The Morgan fingerprint density at radius 2 is 1.93 bits per heavy atom. The van der Waals surface area contributed by atoms with E-state index in [2.05, 4.69) is 57.9 Å². The normalized spacial score (nSPS) is 15.5. The van der Waals surface area contributed by atoms with Crippen LogP contribution in [0, 0.1) is 20.8 Å². The monoisotopic (exact) mass is 407 g/mol. The zero-order valence-corrected chi connectivity index (χ0v) is 18.1. The number of carbonyl (C=O) groups excluding carboxylic acids is 1. The first-order chi connectivity index (χ1) is 14.4. The van der Waals surface area contributed by atoms with Crippen molar-refractivity contribution in [1.29, 1.82) is 0 Å². The molecule has 1 N–H and O–H groups in total. The number of aromatic nitrogens is 3. The van der Waals surface area contributed by atoms with Gasteiger partial charge in [0.2, 0.25) is 0 Å². The van der Waals surface area contributed by atoms with Crippen molar-refractivity contribution >= 4 is 5.91 Å². The summed E-state index contributed by atoms with van der Waals surface area (Å²) in [5.74, 6) is 1.82. The van der Waals surface area contributed by atoms with Gasteiger partial charge in [0.05, 0.1) is 12.3 Å². The molecule has 1 aliphatic heterocycles. The average molecular weight is 408 g/mol. The first-order valence-electron chi connectivity index (χ1n) is 10.5. The molecule has 158 valence electrons. The lowest BCUT2D eigenvalue weighted by Crippen LogP contribution is -2.30. The van der Waals surface area contributed by atoms with Crippen molar-refractivity contribution < 1.29 is 9.21 Å². The van der Waals surface area contributed by atoms with Gasteiger partial charge in [0.1, 0.15) is 5.82 Å². The number of rotatable bonds is 5. The maximum absolute atomic E-state index is 12.3. The van der Waals surface area contributed by atoms with Gasteiger partial charge < -0.3 is 14.3 Å². The lowest BCUT2D eigenvalue weighted by molar-refractivity contribution is 0.0909. The molecule has 0 saturated carbocycles. The van der Waals surface area contributed by atoms with Crippen molar-refractivity contribution in [1.82, 2.24) is 25.0 Å². The zero-order chi connectivity index (χ0) is 21.3. The fourth-order valence-electron chi connectivity index (χ4n) is 4.04. The molecule has 0 aliphatic carbocycles. The first-order valence-corrected chi connectivity index (χ1v) is 10.5. The molecule has 1 aromatic carbocycles. The molecule has 3 aromatic rings. The van der Waals surface area contributed by atoms with Crippen LogP contribution in [0.3, 0.4) is 0 Å². The number of amides is 1. The third-order valence-electron chi connectivity index (χ3n) is 5.97. The summed E-state index contributed by atoms with van der Waals surface area (Å²) in [4.78, 5) is 14.8. The smallest absolute Gasteiger partial charge is 0.287 e. The molecular weight excluding hydrogens is 378 g/mol. The molecule has 3 heterocycles. The van der Waals surface area contributed by atoms with Gasteiger partial charge in [0.25, 0.3) is 5.91 Å². The number of nitrogens with zero attached hydrogens (tertiary/aromatic N) is 4. The topological polar surface area (TPSA) is 76.2 Å². The van der Waals surface area contributed by atoms with E-state index < -0.39 is 0 Å². The van der Waals surface area contributed by atoms with Crippen LogP contribution in [0.15, 0.2) is 34.9 Å². The van der Waals surface area contributed by atoms with Crippen molar-refractivity contribution in [3.63, 3.8) is 0 Å². The molecule has 4 rings (SSSR count). The number of fused-ring (bicyclic) bond motifs is 1. The number of benzene rings is 1. The van der Waals surface area contributed by atoms with Crippen molar-refractivity contribution in [3.05, 3.63) is 70.2 Å². The van der Waals surface area contributed by atoms with E-state index in [1.54, 1.807) is 12.1 Å². The van der Waals surface area contributed by atoms with E-state index in [4.69, 9.17) is 4.42 Å². The lowest BCUT2D eigenvalue weighted by atomic mass is 10.0. The van der Waals surface area contributed by atoms with Crippen molar-refractivity contribution in [2.45, 2.75) is 53.2 Å². The molecule has 0 unspecified atom stereocenters. The maximum atomic E-state index is 12.3. The Morgan fingerprint density at radius 1 is 1.13 bits per heavy atom. The minimum atomic E-state index is -0.252. The van der Waals surface area contributed by atoms with Crippen LogP contribution in [0.1, 0.15) is 57.4 Å². The predicted octanol–water partition coefficient (Wildman–Crippen LogP) is 3.35. The maximum Gasteiger partial charge on any atom is 0.287 e.